The zero-order valence-electron chi connectivity index (χ0n) is 9.46. The number of hydrogen-bond donors (Lipinski definition) is 1. The summed E-state index contributed by atoms with van der Waals surface area (Å²) in [6.45, 7) is 2.18. The molecule has 3 rings (SSSR count). The first kappa shape index (κ1) is 9.46. The van der Waals surface area contributed by atoms with Crippen LogP contribution >= 0.6 is 0 Å². The summed E-state index contributed by atoms with van der Waals surface area (Å²) in [5.41, 5.74) is 14.0. The topological polar surface area (TPSA) is 26.0 Å². The van der Waals surface area contributed by atoms with Crippen LogP contribution in [0, 0.1) is 6.92 Å². The highest BCUT2D eigenvalue weighted by molar-refractivity contribution is 5.58. The van der Waals surface area contributed by atoms with E-state index in [0.717, 1.165) is 18.5 Å². The van der Waals surface area contributed by atoms with Crippen molar-refractivity contribution in [1.29, 1.82) is 0 Å². The molecule has 0 heterocycles. The van der Waals surface area contributed by atoms with E-state index in [1.807, 2.05) is 6.07 Å². The number of hydrogen-bond acceptors (Lipinski definition) is 1. The van der Waals surface area contributed by atoms with Gasteiger partial charge in [0.15, 0.2) is 0 Å². The number of nitrogens with two attached hydrogens (primary N) is 1. The minimum absolute atomic E-state index is 0.936. The summed E-state index contributed by atoms with van der Waals surface area (Å²) in [6, 6.07) is 12.8. The molecule has 0 saturated carbocycles. The SMILES string of the molecule is Cc1cccc2c1Cc1c(N)cccc1C2. The number of nitrogen functional groups attached to an aromatic ring is 1. The van der Waals surface area contributed by atoms with Crippen molar-refractivity contribution >= 4 is 5.69 Å². The van der Waals surface area contributed by atoms with Crippen molar-refractivity contribution in [1.82, 2.24) is 0 Å². The third kappa shape index (κ3) is 1.32. The summed E-state index contributed by atoms with van der Waals surface area (Å²) in [5.74, 6) is 0. The number of anilines is 1. The van der Waals surface area contributed by atoms with Crippen molar-refractivity contribution in [3.8, 4) is 0 Å². The van der Waals surface area contributed by atoms with Crippen LogP contribution in [0.25, 0.3) is 0 Å². The van der Waals surface area contributed by atoms with Crippen molar-refractivity contribution in [3.05, 3.63) is 64.2 Å². The Bertz CT molecular complexity index is 506. The lowest BCUT2D eigenvalue weighted by Gasteiger charge is -2.22. The number of fused-ring (bicyclic) bond motifs is 2. The van der Waals surface area contributed by atoms with E-state index in [-0.39, 0.29) is 0 Å². The van der Waals surface area contributed by atoms with Crippen LogP contribution in [-0.4, -0.2) is 0 Å². The van der Waals surface area contributed by atoms with Gasteiger partial charge in [0, 0.05) is 12.1 Å². The fraction of sp³-hybridized carbons (Fsp3) is 0.200. The lowest BCUT2D eigenvalue weighted by Crippen LogP contribution is -2.10. The van der Waals surface area contributed by atoms with E-state index in [1.165, 1.54) is 27.8 Å². The molecular formula is C15H15N. The summed E-state index contributed by atoms with van der Waals surface area (Å²) in [7, 11) is 0. The van der Waals surface area contributed by atoms with E-state index in [0.29, 0.717) is 0 Å². The highest BCUT2D eigenvalue weighted by Gasteiger charge is 2.17. The van der Waals surface area contributed by atoms with E-state index < -0.39 is 0 Å². The van der Waals surface area contributed by atoms with E-state index in [4.69, 9.17) is 5.73 Å². The summed E-state index contributed by atoms with van der Waals surface area (Å²) in [5, 5.41) is 0. The Kier molecular flexibility index (Phi) is 2.00. The first-order chi connectivity index (χ1) is 7.75. The molecule has 0 fully saturated rings. The predicted octanol–water partition coefficient (Wildman–Crippen LogP) is 3.07. The molecule has 0 bridgehead atoms. The van der Waals surface area contributed by atoms with Gasteiger partial charge in [-0.05, 0) is 47.2 Å². The molecule has 80 valence electrons. The first-order valence-corrected chi connectivity index (χ1v) is 5.69. The molecular weight excluding hydrogens is 194 g/mol. The van der Waals surface area contributed by atoms with Crippen LogP contribution in [0.4, 0.5) is 5.69 Å². The summed E-state index contributed by atoms with van der Waals surface area (Å²) in [4.78, 5) is 0. The Morgan fingerprint density at radius 3 is 2.38 bits per heavy atom. The Balaban J connectivity index is 2.17. The van der Waals surface area contributed by atoms with Gasteiger partial charge in [-0.15, -0.1) is 0 Å². The maximum Gasteiger partial charge on any atom is 0.0352 e. The fourth-order valence-electron chi connectivity index (χ4n) is 2.60. The second-order valence-corrected chi connectivity index (χ2v) is 4.55. The van der Waals surface area contributed by atoms with Crippen molar-refractivity contribution in [2.45, 2.75) is 19.8 Å². The van der Waals surface area contributed by atoms with Crippen LogP contribution < -0.4 is 5.73 Å². The Morgan fingerprint density at radius 1 is 0.875 bits per heavy atom. The van der Waals surface area contributed by atoms with Crippen LogP contribution in [0.5, 0.6) is 0 Å². The van der Waals surface area contributed by atoms with Gasteiger partial charge < -0.3 is 5.73 Å². The lowest BCUT2D eigenvalue weighted by molar-refractivity contribution is 0.989. The van der Waals surface area contributed by atoms with Crippen molar-refractivity contribution in [2.75, 3.05) is 5.73 Å². The van der Waals surface area contributed by atoms with Crippen molar-refractivity contribution in [3.63, 3.8) is 0 Å². The molecule has 2 aromatic carbocycles. The minimum Gasteiger partial charge on any atom is -0.398 e. The molecule has 0 spiro atoms. The standard InChI is InChI=1S/C15H15N/c1-10-4-2-5-11-8-12-6-3-7-15(16)14(12)9-13(10)11/h2-7H,8-9,16H2,1H3. The normalized spacial score (nSPS) is 13.1. The summed E-state index contributed by atoms with van der Waals surface area (Å²) in [6.07, 6.45) is 2.02. The van der Waals surface area contributed by atoms with E-state index in [9.17, 15) is 0 Å². The van der Waals surface area contributed by atoms with E-state index in [2.05, 4.69) is 37.3 Å². The molecule has 0 aliphatic heterocycles. The van der Waals surface area contributed by atoms with Crippen LogP contribution in [-0.2, 0) is 12.8 Å². The number of benzene rings is 2. The van der Waals surface area contributed by atoms with Crippen LogP contribution in [0.3, 0.4) is 0 Å². The third-order valence-corrected chi connectivity index (χ3v) is 3.55. The molecule has 2 aromatic rings. The van der Waals surface area contributed by atoms with Crippen LogP contribution in [0.15, 0.2) is 36.4 Å². The van der Waals surface area contributed by atoms with Crippen molar-refractivity contribution < 1.29 is 0 Å². The maximum atomic E-state index is 6.05. The fourth-order valence-corrected chi connectivity index (χ4v) is 2.60. The Hall–Kier alpha value is -1.76. The number of rotatable bonds is 0. The summed E-state index contributed by atoms with van der Waals surface area (Å²) >= 11 is 0. The second kappa shape index (κ2) is 3.38. The van der Waals surface area contributed by atoms with Gasteiger partial charge in [0.05, 0.1) is 0 Å². The van der Waals surface area contributed by atoms with Gasteiger partial charge in [0.25, 0.3) is 0 Å². The zero-order valence-corrected chi connectivity index (χ0v) is 9.46. The molecule has 1 nitrogen and oxygen atoms in total. The Labute approximate surface area is 95.9 Å². The second-order valence-electron chi connectivity index (χ2n) is 4.55. The predicted molar refractivity (Wildman–Crippen MR) is 67.6 cm³/mol. The highest BCUT2D eigenvalue weighted by Crippen LogP contribution is 2.31. The molecule has 0 saturated heterocycles. The van der Waals surface area contributed by atoms with Crippen LogP contribution in [0.1, 0.15) is 27.8 Å². The van der Waals surface area contributed by atoms with E-state index in [1.54, 1.807) is 0 Å². The molecule has 1 aliphatic rings. The molecule has 0 unspecified atom stereocenters. The van der Waals surface area contributed by atoms with Gasteiger partial charge in [-0.1, -0.05) is 30.3 Å². The van der Waals surface area contributed by atoms with Crippen LogP contribution in [0.2, 0.25) is 0 Å². The molecule has 0 amide bonds. The molecule has 0 aromatic heterocycles. The maximum absolute atomic E-state index is 6.05. The average Bonchev–Trinajstić information content (AvgIpc) is 2.28. The average molecular weight is 209 g/mol. The summed E-state index contributed by atoms with van der Waals surface area (Å²) < 4.78 is 0. The highest BCUT2D eigenvalue weighted by atomic mass is 14.6. The minimum atomic E-state index is 0.936. The van der Waals surface area contributed by atoms with Gasteiger partial charge in [-0.2, -0.15) is 0 Å². The van der Waals surface area contributed by atoms with Gasteiger partial charge >= 0.3 is 0 Å². The first-order valence-electron chi connectivity index (χ1n) is 5.69. The van der Waals surface area contributed by atoms with Gasteiger partial charge in [0.2, 0.25) is 0 Å². The number of aryl methyl sites for hydroxylation is 1. The van der Waals surface area contributed by atoms with Gasteiger partial charge in [0.1, 0.15) is 0 Å². The molecule has 1 aliphatic carbocycles. The molecule has 2 N–H and O–H groups in total. The zero-order chi connectivity index (χ0) is 11.1. The molecule has 0 radical (unpaired) electrons. The lowest BCUT2D eigenvalue weighted by atomic mass is 9.83. The monoisotopic (exact) mass is 209 g/mol. The molecule has 1 heteroatoms. The third-order valence-electron chi connectivity index (χ3n) is 3.55. The largest absolute Gasteiger partial charge is 0.398 e. The Morgan fingerprint density at radius 2 is 1.56 bits per heavy atom. The molecule has 0 atom stereocenters. The van der Waals surface area contributed by atoms with Gasteiger partial charge in [-0.25, -0.2) is 0 Å². The van der Waals surface area contributed by atoms with Crippen molar-refractivity contribution in [2.24, 2.45) is 0 Å². The quantitative estimate of drug-likeness (QED) is 0.566. The smallest absolute Gasteiger partial charge is 0.0352 e. The van der Waals surface area contributed by atoms with E-state index >= 15 is 0 Å². The molecule has 16 heavy (non-hydrogen) atoms. The van der Waals surface area contributed by atoms with Gasteiger partial charge in [-0.3, -0.25) is 0 Å².